The second-order valence-corrected chi connectivity index (χ2v) is 3.90. The molecule has 0 aliphatic heterocycles. The minimum atomic E-state index is -0.635. The summed E-state index contributed by atoms with van der Waals surface area (Å²) in [5.74, 6) is -1.59. The van der Waals surface area contributed by atoms with Gasteiger partial charge in [0.25, 0.3) is 5.91 Å². The van der Waals surface area contributed by atoms with Crippen LogP contribution in [0.15, 0.2) is 22.7 Å². The molecule has 0 heterocycles. The van der Waals surface area contributed by atoms with Gasteiger partial charge in [-0.2, -0.15) is 0 Å². The van der Waals surface area contributed by atoms with E-state index in [0.29, 0.717) is 4.47 Å². The van der Waals surface area contributed by atoms with Crippen molar-refractivity contribution >= 4 is 27.7 Å². The van der Waals surface area contributed by atoms with E-state index in [2.05, 4.69) is 26.6 Å². The van der Waals surface area contributed by atoms with Gasteiger partial charge in [0.1, 0.15) is 5.82 Å². The number of carbonyl (C=O) groups is 2. The SMILES string of the molecule is CNC(=O)CNC(=O)c1ccc(Br)cc1F. The second-order valence-electron chi connectivity index (χ2n) is 2.98. The van der Waals surface area contributed by atoms with Crippen LogP contribution in [0, 0.1) is 5.82 Å². The minimum absolute atomic E-state index is 0.0906. The van der Waals surface area contributed by atoms with Gasteiger partial charge in [-0.25, -0.2) is 4.39 Å². The molecule has 0 fully saturated rings. The Bertz CT molecular complexity index is 423. The largest absolute Gasteiger partial charge is 0.358 e. The number of halogens is 2. The molecule has 0 aromatic heterocycles. The van der Waals surface area contributed by atoms with Crippen molar-refractivity contribution in [3.8, 4) is 0 Å². The van der Waals surface area contributed by atoms with Gasteiger partial charge in [0, 0.05) is 11.5 Å². The van der Waals surface area contributed by atoms with Crippen LogP contribution in [0.1, 0.15) is 10.4 Å². The molecule has 0 aliphatic carbocycles. The third-order valence-electron chi connectivity index (χ3n) is 1.86. The minimum Gasteiger partial charge on any atom is -0.358 e. The molecule has 0 unspecified atom stereocenters. The Morgan fingerprint density at radius 3 is 2.69 bits per heavy atom. The summed E-state index contributed by atoms with van der Waals surface area (Å²) in [5.41, 5.74) is -0.0906. The third kappa shape index (κ3) is 3.30. The third-order valence-corrected chi connectivity index (χ3v) is 2.36. The zero-order valence-electron chi connectivity index (χ0n) is 8.51. The predicted molar refractivity (Wildman–Crippen MR) is 60.5 cm³/mol. The van der Waals surface area contributed by atoms with Crippen molar-refractivity contribution in [1.82, 2.24) is 10.6 Å². The average molecular weight is 289 g/mol. The molecule has 6 heteroatoms. The highest BCUT2D eigenvalue weighted by molar-refractivity contribution is 9.10. The molecule has 0 aliphatic rings. The van der Waals surface area contributed by atoms with Crippen LogP contribution in [-0.4, -0.2) is 25.4 Å². The van der Waals surface area contributed by atoms with E-state index < -0.39 is 11.7 Å². The molecular formula is C10H10BrFN2O2. The van der Waals surface area contributed by atoms with E-state index in [0.717, 1.165) is 0 Å². The van der Waals surface area contributed by atoms with Gasteiger partial charge in [0.15, 0.2) is 0 Å². The van der Waals surface area contributed by atoms with E-state index in [1.54, 1.807) is 6.07 Å². The number of likely N-dealkylation sites (N-methyl/N-ethyl adjacent to an activating group) is 1. The van der Waals surface area contributed by atoms with E-state index >= 15 is 0 Å². The molecule has 1 aromatic rings. The fraction of sp³-hybridized carbons (Fsp3) is 0.200. The van der Waals surface area contributed by atoms with Gasteiger partial charge in [-0.1, -0.05) is 15.9 Å². The fourth-order valence-electron chi connectivity index (χ4n) is 1.02. The van der Waals surface area contributed by atoms with Crippen molar-refractivity contribution in [1.29, 1.82) is 0 Å². The molecule has 0 saturated carbocycles. The average Bonchev–Trinajstić information content (AvgIpc) is 2.25. The Morgan fingerprint density at radius 1 is 1.44 bits per heavy atom. The van der Waals surface area contributed by atoms with Crippen molar-refractivity contribution < 1.29 is 14.0 Å². The molecule has 0 saturated heterocycles. The van der Waals surface area contributed by atoms with Crippen molar-refractivity contribution in [2.45, 2.75) is 0 Å². The molecule has 0 atom stereocenters. The van der Waals surface area contributed by atoms with Crippen LogP contribution >= 0.6 is 15.9 Å². The molecule has 2 N–H and O–H groups in total. The number of nitrogens with one attached hydrogen (secondary N) is 2. The number of rotatable bonds is 3. The van der Waals surface area contributed by atoms with Crippen molar-refractivity contribution in [2.75, 3.05) is 13.6 Å². The summed E-state index contributed by atoms with van der Waals surface area (Å²) in [4.78, 5) is 22.3. The normalized spacial score (nSPS) is 9.69. The lowest BCUT2D eigenvalue weighted by Crippen LogP contribution is -2.35. The molecule has 86 valence electrons. The number of amides is 2. The molecule has 2 amide bonds. The smallest absolute Gasteiger partial charge is 0.254 e. The molecule has 0 spiro atoms. The van der Waals surface area contributed by atoms with E-state index in [-0.39, 0.29) is 18.0 Å². The summed E-state index contributed by atoms with van der Waals surface area (Å²) in [5, 5.41) is 4.64. The van der Waals surface area contributed by atoms with E-state index in [9.17, 15) is 14.0 Å². The highest BCUT2D eigenvalue weighted by Gasteiger charge is 2.12. The topological polar surface area (TPSA) is 58.2 Å². The molecule has 1 aromatic carbocycles. The summed E-state index contributed by atoms with van der Waals surface area (Å²) in [6, 6.07) is 4.09. The first-order valence-corrected chi connectivity index (χ1v) is 5.27. The van der Waals surface area contributed by atoms with Gasteiger partial charge in [0.05, 0.1) is 12.1 Å². The standard InChI is InChI=1S/C10H10BrFN2O2/c1-13-9(15)5-14-10(16)7-3-2-6(11)4-8(7)12/h2-4H,5H2,1H3,(H,13,15)(H,14,16). The summed E-state index contributed by atoms with van der Waals surface area (Å²) < 4.78 is 13.9. The lowest BCUT2D eigenvalue weighted by molar-refractivity contribution is -0.119. The summed E-state index contributed by atoms with van der Waals surface area (Å²) in [6.07, 6.45) is 0. The first-order valence-electron chi connectivity index (χ1n) is 4.48. The maximum absolute atomic E-state index is 13.3. The molecule has 4 nitrogen and oxygen atoms in total. The number of hydrogen-bond acceptors (Lipinski definition) is 2. The Kier molecular flexibility index (Phi) is 4.42. The molecule has 1 rings (SSSR count). The highest BCUT2D eigenvalue weighted by Crippen LogP contribution is 2.14. The van der Waals surface area contributed by atoms with Crippen LogP contribution in [0.5, 0.6) is 0 Å². The Hall–Kier alpha value is -1.43. The second kappa shape index (κ2) is 5.60. The monoisotopic (exact) mass is 288 g/mol. The Balaban J connectivity index is 2.70. The number of hydrogen-bond donors (Lipinski definition) is 2. The quantitative estimate of drug-likeness (QED) is 0.874. The Morgan fingerprint density at radius 2 is 2.12 bits per heavy atom. The van der Waals surface area contributed by atoms with Crippen molar-refractivity contribution in [2.24, 2.45) is 0 Å². The zero-order valence-corrected chi connectivity index (χ0v) is 10.1. The first-order chi connectivity index (χ1) is 7.54. The van der Waals surface area contributed by atoms with Crippen molar-refractivity contribution in [3.05, 3.63) is 34.1 Å². The van der Waals surface area contributed by atoms with Gasteiger partial charge < -0.3 is 10.6 Å². The molecule has 0 radical (unpaired) electrons. The van der Waals surface area contributed by atoms with Crippen LogP contribution in [0.2, 0.25) is 0 Å². The summed E-state index contributed by atoms with van der Waals surface area (Å²) in [6.45, 7) is -0.176. The van der Waals surface area contributed by atoms with E-state index in [4.69, 9.17) is 0 Å². The lowest BCUT2D eigenvalue weighted by Gasteiger charge is -2.05. The van der Waals surface area contributed by atoms with Gasteiger partial charge in [-0.05, 0) is 18.2 Å². The van der Waals surface area contributed by atoms with E-state index in [1.165, 1.54) is 19.2 Å². The van der Waals surface area contributed by atoms with Gasteiger partial charge in [0.2, 0.25) is 5.91 Å². The van der Waals surface area contributed by atoms with Crippen molar-refractivity contribution in [3.63, 3.8) is 0 Å². The highest BCUT2D eigenvalue weighted by atomic mass is 79.9. The van der Waals surface area contributed by atoms with Gasteiger partial charge in [-0.3, -0.25) is 9.59 Å². The first kappa shape index (κ1) is 12.6. The summed E-state index contributed by atoms with van der Waals surface area (Å²) in [7, 11) is 1.45. The number of benzene rings is 1. The fourth-order valence-corrected chi connectivity index (χ4v) is 1.35. The lowest BCUT2D eigenvalue weighted by atomic mass is 10.2. The molecule has 0 bridgehead atoms. The van der Waals surface area contributed by atoms with E-state index in [1.807, 2.05) is 0 Å². The van der Waals surface area contributed by atoms with Crippen LogP contribution in [0.4, 0.5) is 4.39 Å². The molecule has 16 heavy (non-hydrogen) atoms. The van der Waals surface area contributed by atoms with Gasteiger partial charge >= 0.3 is 0 Å². The van der Waals surface area contributed by atoms with Gasteiger partial charge in [-0.15, -0.1) is 0 Å². The number of carbonyl (C=O) groups excluding carboxylic acids is 2. The maximum atomic E-state index is 13.3. The Labute approximate surface area is 100 Å². The van der Waals surface area contributed by atoms with Crippen LogP contribution < -0.4 is 10.6 Å². The summed E-state index contributed by atoms with van der Waals surface area (Å²) >= 11 is 3.08. The van der Waals surface area contributed by atoms with Crippen LogP contribution in [-0.2, 0) is 4.79 Å². The predicted octanol–water partition coefficient (Wildman–Crippen LogP) is 1.06. The van der Waals surface area contributed by atoms with Crippen LogP contribution in [0.3, 0.4) is 0 Å². The molecular weight excluding hydrogens is 279 g/mol. The maximum Gasteiger partial charge on any atom is 0.254 e. The van der Waals surface area contributed by atoms with Crippen LogP contribution in [0.25, 0.3) is 0 Å². The zero-order chi connectivity index (χ0) is 12.1.